The van der Waals surface area contributed by atoms with Crippen molar-refractivity contribution in [1.82, 2.24) is 14.8 Å². The first-order chi connectivity index (χ1) is 15.2. The summed E-state index contributed by atoms with van der Waals surface area (Å²) in [4.78, 5) is 34.9. The van der Waals surface area contributed by atoms with E-state index < -0.39 is 0 Å². The van der Waals surface area contributed by atoms with Gasteiger partial charge in [0.25, 0.3) is 0 Å². The molecule has 2 aromatic heterocycles. The minimum Gasteiger partial charge on any atom is -0.339 e. The van der Waals surface area contributed by atoms with Crippen LogP contribution >= 0.6 is 11.3 Å². The van der Waals surface area contributed by atoms with E-state index in [1.54, 1.807) is 23.6 Å². The fraction of sp³-hybridized carbons (Fsp3) is 0.375. The number of rotatable bonds is 3. The third-order valence-electron chi connectivity index (χ3n) is 6.29. The molecule has 5 rings (SSSR count). The van der Waals surface area contributed by atoms with Gasteiger partial charge in [-0.3, -0.25) is 14.5 Å². The second-order valence-electron chi connectivity index (χ2n) is 8.37. The van der Waals surface area contributed by atoms with E-state index in [4.69, 9.17) is 0 Å². The number of hydrogen-bond acceptors (Lipinski definition) is 5. The van der Waals surface area contributed by atoms with Gasteiger partial charge < -0.3 is 10.2 Å². The molecule has 0 aromatic carbocycles. The van der Waals surface area contributed by atoms with Gasteiger partial charge in [-0.2, -0.15) is 0 Å². The standard InChI is InChI=1S/C24H26N4O2S/c29-22(27-10-7-17(8-11-27)14-20-3-2-12-31-20)6-5-18-13-19-16-28-9-1-4-21(28)24(30)26-23(19)25-15-18/h2-3,5-6,12-15,21H,1,4,7-11,16H2,(H,25,26,30)/b6-5+/t21-/m0/s1. The molecule has 160 valence electrons. The normalized spacial score (nSPS) is 21.5. The molecule has 7 heteroatoms. The molecule has 0 saturated carbocycles. The lowest BCUT2D eigenvalue weighted by molar-refractivity contribution is -0.126. The summed E-state index contributed by atoms with van der Waals surface area (Å²) >= 11 is 1.75. The highest BCUT2D eigenvalue weighted by atomic mass is 32.1. The van der Waals surface area contributed by atoms with Crippen molar-refractivity contribution in [3.8, 4) is 0 Å². The maximum atomic E-state index is 12.7. The number of aromatic nitrogens is 1. The van der Waals surface area contributed by atoms with E-state index in [-0.39, 0.29) is 17.9 Å². The number of carbonyl (C=O) groups is 2. The molecule has 31 heavy (non-hydrogen) atoms. The Bertz CT molecular complexity index is 1030. The highest BCUT2D eigenvalue weighted by Crippen LogP contribution is 2.28. The smallest absolute Gasteiger partial charge is 0.246 e. The van der Waals surface area contributed by atoms with Crippen molar-refractivity contribution in [3.63, 3.8) is 0 Å². The average molecular weight is 435 g/mol. The molecule has 6 nitrogen and oxygen atoms in total. The summed E-state index contributed by atoms with van der Waals surface area (Å²) in [5, 5.41) is 5.05. The number of thiophene rings is 1. The van der Waals surface area contributed by atoms with Gasteiger partial charge in [-0.25, -0.2) is 4.98 Å². The Labute approximate surface area is 186 Å². The largest absolute Gasteiger partial charge is 0.339 e. The molecule has 2 aromatic rings. The van der Waals surface area contributed by atoms with Gasteiger partial charge in [-0.05, 0) is 67.5 Å². The number of amides is 2. The average Bonchev–Trinajstić information content (AvgIpc) is 3.44. The summed E-state index contributed by atoms with van der Waals surface area (Å²) in [6.07, 6.45) is 11.3. The molecule has 1 N–H and O–H groups in total. The Balaban J connectivity index is 1.22. The van der Waals surface area contributed by atoms with E-state index in [2.05, 4.69) is 38.8 Å². The molecule has 0 aliphatic carbocycles. The zero-order valence-corrected chi connectivity index (χ0v) is 18.2. The number of pyridine rings is 1. The first-order valence-electron chi connectivity index (χ1n) is 10.9. The predicted octanol–water partition coefficient (Wildman–Crippen LogP) is 3.78. The molecule has 3 aliphatic heterocycles. The fourth-order valence-electron chi connectivity index (χ4n) is 4.59. The summed E-state index contributed by atoms with van der Waals surface area (Å²) in [6, 6.07) is 6.18. The van der Waals surface area contributed by atoms with Gasteiger partial charge >= 0.3 is 0 Å². The quantitative estimate of drug-likeness (QED) is 0.747. The fourth-order valence-corrected chi connectivity index (χ4v) is 5.30. The summed E-state index contributed by atoms with van der Waals surface area (Å²) in [5.41, 5.74) is 3.30. The van der Waals surface area contributed by atoms with Crippen LogP contribution in [0.1, 0.15) is 41.7 Å². The lowest BCUT2D eigenvalue weighted by Crippen LogP contribution is -2.36. The lowest BCUT2D eigenvalue weighted by atomic mass is 10.0. The van der Waals surface area contributed by atoms with Crippen LogP contribution < -0.4 is 5.32 Å². The Morgan fingerprint density at radius 2 is 2.13 bits per heavy atom. The van der Waals surface area contributed by atoms with E-state index >= 15 is 0 Å². The summed E-state index contributed by atoms with van der Waals surface area (Å²) in [7, 11) is 0. The van der Waals surface area contributed by atoms with Gasteiger partial charge in [0.15, 0.2) is 0 Å². The van der Waals surface area contributed by atoms with Crippen molar-refractivity contribution < 1.29 is 9.59 Å². The molecule has 3 aliphatic rings. The van der Waals surface area contributed by atoms with Crippen LogP contribution in [0.2, 0.25) is 0 Å². The topological polar surface area (TPSA) is 65.5 Å². The molecule has 2 fully saturated rings. The first kappa shape index (κ1) is 20.2. The van der Waals surface area contributed by atoms with Gasteiger partial charge in [0.2, 0.25) is 11.8 Å². The number of anilines is 1. The van der Waals surface area contributed by atoms with Gasteiger partial charge in [-0.1, -0.05) is 11.6 Å². The van der Waals surface area contributed by atoms with E-state index in [1.807, 2.05) is 17.0 Å². The van der Waals surface area contributed by atoms with E-state index in [0.717, 1.165) is 56.4 Å². The highest BCUT2D eigenvalue weighted by molar-refractivity contribution is 7.10. The minimum atomic E-state index is -0.0485. The van der Waals surface area contributed by atoms with Crippen LogP contribution in [0.4, 0.5) is 5.82 Å². The zero-order valence-electron chi connectivity index (χ0n) is 17.4. The van der Waals surface area contributed by atoms with E-state index in [0.29, 0.717) is 12.4 Å². The van der Waals surface area contributed by atoms with Crippen molar-refractivity contribution in [1.29, 1.82) is 0 Å². The molecular weight excluding hydrogens is 408 g/mol. The SMILES string of the molecule is O=C1Nc2ncc(/C=C/C(=O)N3CCC(=Cc4cccs4)CC3)cc2CN2CCC[C@@H]12. The Kier molecular flexibility index (Phi) is 5.70. The monoisotopic (exact) mass is 434 g/mol. The van der Waals surface area contributed by atoms with Gasteiger partial charge in [0.1, 0.15) is 5.82 Å². The van der Waals surface area contributed by atoms with Crippen LogP contribution in [0.3, 0.4) is 0 Å². The van der Waals surface area contributed by atoms with Gasteiger partial charge in [-0.15, -0.1) is 11.3 Å². The second kappa shape index (κ2) is 8.77. The molecule has 2 saturated heterocycles. The Morgan fingerprint density at radius 3 is 2.94 bits per heavy atom. The number of hydrogen-bond donors (Lipinski definition) is 1. The van der Waals surface area contributed by atoms with Crippen LogP contribution in [0.5, 0.6) is 0 Å². The minimum absolute atomic E-state index is 0.0398. The van der Waals surface area contributed by atoms with Crippen LogP contribution in [-0.2, 0) is 16.1 Å². The van der Waals surface area contributed by atoms with Crippen molar-refractivity contribution in [2.24, 2.45) is 0 Å². The summed E-state index contributed by atoms with van der Waals surface area (Å²) < 4.78 is 0. The number of nitrogens with zero attached hydrogens (tertiary/aromatic N) is 3. The number of carbonyl (C=O) groups excluding carboxylic acids is 2. The van der Waals surface area contributed by atoms with Crippen LogP contribution in [0.25, 0.3) is 12.2 Å². The number of nitrogens with one attached hydrogen (secondary N) is 1. The van der Waals surface area contributed by atoms with Crippen molar-refractivity contribution in [3.05, 3.63) is 57.4 Å². The number of fused-ring (bicyclic) bond motifs is 2. The van der Waals surface area contributed by atoms with Gasteiger partial charge in [0, 0.05) is 42.3 Å². The predicted molar refractivity (Wildman–Crippen MR) is 123 cm³/mol. The third-order valence-corrected chi connectivity index (χ3v) is 7.11. The van der Waals surface area contributed by atoms with Crippen LogP contribution in [0, 0.1) is 0 Å². The Hall–Kier alpha value is -2.77. The molecule has 0 radical (unpaired) electrons. The van der Waals surface area contributed by atoms with Gasteiger partial charge in [0.05, 0.1) is 6.04 Å². The summed E-state index contributed by atoms with van der Waals surface area (Å²) in [5.74, 6) is 0.724. The van der Waals surface area contributed by atoms with E-state index in [9.17, 15) is 9.59 Å². The lowest BCUT2D eigenvalue weighted by Gasteiger charge is -2.27. The number of likely N-dealkylation sites (tertiary alicyclic amines) is 1. The van der Waals surface area contributed by atoms with Crippen LogP contribution in [0.15, 0.2) is 41.4 Å². The van der Waals surface area contributed by atoms with E-state index in [1.165, 1.54) is 10.5 Å². The maximum Gasteiger partial charge on any atom is 0.246 e. The van der Waals surface area contributed by atoms with Crippen LogP contribution in [-0.4, -0.2) is 52.3 Å². The number of piperidine rings is 1. The van der Waals surface area contributed by atoms with Crippen molar-refractivity contribution >= 4 is 41.1 Å². The second-order valence-corrected chi connectivity index (χ2v) is 9.35. The highest BCUT2D eigenvalue weighted by Gasteiger charge is 2.34. The first-order valence-corrected chi connectivity index (χ1v) is 11.8. The Morgan fingerprint density at radius 1 is 1.26 bits per heavy atom. The van der Waals surface area contributed by atoms with Crippen molar-refractivity contribution in [2.75, 3.05) is 25.0 Å². The molecule has 2 amide bonds. The molecule has 0 bridgehead atoms. The van der Waals surface area contributed by atoms with Crippen molar-refractivity contribution in [2.45, 2.75) is 38.3 Å². The molecular formula is C24H26N4O2S. The molecule has 1 atom stereocenters. The summed E-state index contributed by atoms with van der Waals surface area (Å²) in [6.45, 7) is 3.16. The molecule has 0 spiro atoms. The maximum absolute atomic E-state index is 12.7. The third kappa shape index (κ3) is 4.48. The molecule has 5 heterocycles. The zero-order chi connectivity index (χ0) is 21.2. The molecule has 0 unspecified atom stereocenters.